The lowest BCUT2D eigenvalue weighted by Crippen LogP contribution is -2.30. The molecule has 4 aromatic rings. The monoisotopic (exact) mass is 634 g/mol. The highest BCUT2D eigenvalue weighted by molar-refractivity contribution is 6.30. The van der Waals surface area contributed by atoms with Gasteiger partial charge in [-0.2, -0.15) is 9.49 Å². The van der Waals surface area contributed by atoms with Crippen LogP contribution >= 0.6 is 11.6 Å². The van der Waals surface area contributed by atoms with Gasteiger partial charge in [-0.05, 0) is 49.2 Å². The molecule has 3 amide bonds. The average Bonchev–Trinajstić information content (AvgIpc) is 3.45. The van der Waals surface area contributed by atoms with Gasteiger partial charge in [-0.1, -0.05) is 37.1 Å². The molecule has 2 aromatic heterocycles. The summed E-state index contributed by atoms with van der Waals surface area (Å²) in [5.74, 6) is -1.88. The molecule has 2 bridgehead atoms. The largest absolute Gasteiger partial charge is 0.453 e. The fourth-order valence-electron chi connectivity index (χ4n) is 5.20. The Labute approximate surface area is 263 Å². The second-order valence-corrected chi connectivity index (χ2v) is 11.2. The van der Waals surface area contributed by atoms with Crippen molar-refractivity contribution in [1.82, 2.24) is 20.1 Å². The molecule has 5 rings (SSSR count). The minimum absolute atomic E-state index is 0.128. The summed E-state index contributed by atoms with van der Waals surface area (Å²) >= 11 is 6.15. The highest BCUT2D eigenvalue weighted by atomic mass is 35.5. The van der Waals surface area contributed by atoms with Gasteiger partial charge in [-0.15, -0.1) is 0 Å². The number of ether oxygens (including phenoxy) is 1. The van der Waals surface area contributed by atoms with Gasteiger partial charge >= 0.3 is 6.09 Å². The van der Waals surface area contributed by atoms with Crippen LogP contribution in [0.1, 0.15) is 53.8 Å². The summed E-state index contributed by atoms with van der Waals surface area (Å²) in [5.41, 5.74) is 3.21. The minimum atomic E-state index is -0.792. The Balaban J connectivity index is 1.52. The van der Waals surface area contributed by atoms with E-state index in [1.54, 1.807) is 61.7 Å². The first-order valence-electron chi connectivity index (χ1n) is 14.4. The van der Waals surface area contributed by atoms with Crippen LogP contribution in [0.4, 0.5) is 20.6 Å². The van der Waals surface area contributed by atoms with E-state index in [4.69, 9.17) is 11.6 Å². The number of rotatable bonds is 6. The van der Waals surface area contributed by atoms with E-state index in [0.717, 1.165) is 0 Å². The van der Waals surface area contributed by atoms with Crippen molar-refractivity contribution < 1.29 is 28.6 Å². The highest BCUT2D eigenvalue weighted by Gasteiger charge is 2.26. The normalized spacial score (nSPS) is 16.4. The molecule has 45 heavy (non-hydrogen) atoms. The van der Waals surface area contributed by atoms with E-state index in [2.05, 4.69) is 30.8 Å². The molecule has 1 aliphatic rings. The Morgan fingerprint density at radius 1 is 1.20 bits per heavy atom. The predicted molar refractivity (Wildman–Crippen MR) is 167 cm³/mol. The van der Waals surface area contributed by atoms with Gasteiger partial charge in [0.2, 0.25) is 11.9 Å². The molecule has 13 heteroatoms. The van der Waals surface area contributed by atoms with Crippen LogP contribution < -0.4 is 16.0 Å². The van der Waals surface area contributed by atoms with Crippen molar-refractivity contribution in [2.24, 2.45) is 5.92 Å². The number of aliphatic hydroxyl groups excluding tert-OH is 1. The van der Waals surface area contributed by atoms with Crippen molar-refractivity contribution >= 4 is 40.9 Å². The third kappa shape index (κ3) is 7.30. The maximum absolute atomic E-state index is 15.4. The Morgan fingerprint density at radius 2 is 2.02 bits per heavy atom. The zero-order chi connectivity index (χ0) is 32.1. The maximum atomic E-state index is 15.4. The number of carbonyl (C=O) groups excluding carboxylic acids is 3. The van der Waals surface area contributed by atoms with Crippen molar-refractivity contribution in [2.45, 2.75) is 38.6 Å². The summed E-state index contributed by atoms with van der Waals surface area (Å²) in [6.45, 7) is 1.56. The van der Waals surface area contributed by atoms with Gasteiger partial charge in [-0.3, -0.25) is 14.9 Å². The number of fused-ring (bicyclic) bond motifs is 4. The molecule has 1 aliphatic heterocycles. The molecule has 3 heterocycles. The molecule has 0 saturated carbocycles. The molecule has 0 aliphatic carbocycles. The van der Waals surface area contributed by atoms with E-state index in [9.17, 15) is 19.5 Å². The zero-order valence-corrected chi connectivity index (χ0v) is 25.4. The van der Waals surface area contributed by atoms with Crippen LogP contribution in [-0.4, -0.2) is 51.5 Å². The number of hydrogen-bond donors (Lipinski definition) is 4. The number of methoxy groups -OCH3 is 1. The molecule has 0 saturated heterocycles. The zero-order valence-electron chi connectivity index (χ0n) is 24.6. The first-order valence-corrected chi connectivity index (χ1v) is 14.8. The number of halogens is 2. The van der Waals surface area contributed by atoms with Crippen LogP contribution in [0.3, 0.4) is 0 Å². The van der Waals surface area contributed by atoms with E-state index < -0.39 is 29.9 Å². The minimum Gasteiger partial charge on any atom is -0.453 e. The number of anilines is 2. The van der Waals surface area contributed by atoms with Crippen LogP contribution in [0.5, 0.6) is 0 Å². The number of hydrogen-bond acceptors (Lipinski definition) is 7. The van der Waals surface area contributed by atoms with Crippen molar-refractivity contribution in [3.8, 4) is 16.8 Å². The van der Waals surface area contributed by atoms with Gasteiger partial charge in [-0.25, -0.2) is 14.5 Å². The standard InChI is InChI=1S/C32H32ClFN6O5/c1-18-5-3-8-26(37-31(43)25-17-40(39-27(25)11-12-41)22-7-4-6-20(33)14-22)24-13-19(16-35-29(24)34)23-10-9-21(36-32(44)45-2)15-28(23)38-30(18)42/h4,6-7,9-10,13-18,26,41H,3,5,8,11-12H2,1-2H3,(H,36,44)(H,37,43)(H,38,42). The summed E-state index contributed by atoms with van der Waals surface area (Å²) in [6, 6.07) is 12.7. The molecule has 234 valence electrons. The molecule has 0 radical (unpaired) electrons. The van der Waals surface area contributed by atoms with Gasteiger partial charge in [0.25, 0.3) is 5.91 Å². The third-order valence-electron chi connectivity index (χ3n) is 7.60. The molecule has 4 N–H and O–H groups in total. The fourth-order valence-corrected chi connectivity index (χ4v) is 5.38. The van der Waals surface area contributed by atoms with Gasteiger partial charge in [0.15, 0.2) is 0 Å². The van der Waals surface area contributed by atoms with Crippen LogP contribution in [0.25, 0.3) is 16.8 Å². The number of aliphatic hydroxyl groups is 1. The number of benzene rings is 2. The predicted octanol–water partition coefficient (Wildman–Crippen LogP) is 5.67. The fraction of sp³-hybridized carbons (Fsp3) is 0.281. The summed E-state index contributed by atoms with van der Waals surface area (Å²) in [4.78, 5) is 42.7. The van der Waals surface area contributed by atoms with Crippen LogP contribution in [0, 0.1) is 11.9 Å². The summed E-state index contributed by atoms with van der Waals surface area (Å²) in [6.07, 6.45) is 3.64. The second-order valence-electron chi connectivity index (χ2n) is 10.7. The van der Waals surface area contributed by atoms with Crippen LogP contribution in [0.2, 0.25) is 5.02 Å². The summed E-state index contributed by atoms with van der Waals surface area (Å²) < 4.78 is 21.6. The van der Waals surface area contributed by atoms with E-state index in [1.165, 1.54) is 18.0 Å². The first-order chi connectivity index (χ1) is 21.7. The Hall–Kier alpha value is -4.81. The number of aromatic nitrogens is 3. The number of nitrogens with zero attached hydrogens (tertiary/aromatic N) is 3. The Bertz CT molecular complexity index is 1740. The quantitative estimate of drug-likeness (QED) is 0.200. The molecule has 2 aromatic carbocycles. The molecule has 0 fully saturated rings. The van der Waals surface area contributed by atoms with E-state index in [0.29, 0.717) is 58.2 Å². The molecular weight excluding hydrogens is 603 g/mol. The molecule has 0 spiro atoms. The number of amides is 3. The SMILES string of the molecule is COC(=O)Nc1ccc2c(c1)NC(=O)C(C)CCCC(NC(=O)c1cn(-c3cccc(Cl)c3)nc1CCO)c1cc-2cnc1F. The van der Waals surface area contributed by atoms with Gasteiger partial charge in [0.1, 0.15) is 0 Å². The van der Waals surface area contributed by atoms with Gasteiger partial charge in [0.05, 0.1) is 35.8 Å². The smallest absolute Gasteiger partial charge is 0.411 e. The summed E-state index contributed by atoms with van der Waals surface area (Å²) in [5, 5.41) is 23.1. The molecule has 11 nitrogen and oxygen atoms in total. The lowest BCUT2D eigenvalue weighted by atomic mass is 9.93. The topological polar surface area (TPSA) is 147 Å². The number of carbonyl (C=O) groups is 3. The molecule has 2 atom stereocenters. The van der Waals surface area contributed by atoms with Crippen LogP contribution in [0.15, 0.2) is 60.9 Å². The van der Waals surface area contributed by atoms with E-state index >= 15 is 4.39 Å². The van der Waals surface area contributed by atoms with E-state index in [-0.39, 0.29) is 30.1 Å². The number of pyridine rings is 1. The maximum Gasteiger partial charge on any atom is 0.411 e. The molecular formula is C32H32ClFN6O5. The van der Waals surface area contributed by atoms with Crippen molar-refractivity contribution in [3.63, 3.8) is 0 Å². The average molecular weight is 635 g/mol. The lowest BCUT2D eigenvalue weighted by molar-refractivity contribution is -0.119. The van der Waals surface area contributed by atoms with E-state index in [1.807, 2.05) is 0 Å². The van der Waals surface area contributed by atoms with Crippen molar-refractivity contribution in [2.75, 3.05) is 24.4 Å². The first kappa shape index (κ1) is 31.6. The number of nitrogens with one attached hydrogen (secondary N) is 3. The Morgan fingerprint density at radius 3 is 2.78 bits per heavy atom. The molecule has 2 unspecified atom stereocenters. The third-order valence-corrected chi connectivity index (χ3v) is 7.84. The van der Waals surface area contributed by atoms with Gasteiger partial charge in [0, 0.05) is 58.7 Å². The summed E-state index contributed by atoms with van der Waals surface area (Å²) in [7, 11) is 1.24. The lowest BCUT2D eigenvalue weighted by Gasteiger charge is -2.23. The van der Waals surface area contributed by atoms with Crippen LogP contribution in [-0.2, 0) is 16.0 Å². The van der Waals surface area contributed by atoms with Crippen molar-refractivity contribution in [1.29, 1.82) is 0 Å². The van der Waals surface area contributed by atoms with Gasteiger partial charge < -0.3 is 20.5 Å². The second kappa shape index (κ2) is 13.9. The highest BCUT2D eigenvalue weighted by Crippen LogP contribution is 2.35. The van der Waals surface area contributed by atoms with Crippen molar-refractivity contribution in [3.05, 3.63) is 88.7 Å². The Kier molecular flexibility index (Phi) is 9.74.